The van der Waals surface area contributed by atoms with Crippen LogP contribution in [0.4, 0.5) is 5.13 Å². The van der Waals surface area contributed by atoms with Crippen LogP contribution in [0.1, 0.15) is 19.5 Å². The minimum absolute atomic E-state index is 0.378. The fraction of sp³-hybridized carbons (Fsp3) is 0.667. The van der Waals surface area contributed by atoms with E-state index in [4.69, 9.17) is 11.6 Å². The molecule has 2 atom stereocenters. The Hall–Kier alpha value is -0.280. The normalized spacial score (nSPS) is 15.4. The Morgan fingerprint density at radius 1 is 1.62 bits per heavy atom. The number of nitrogens with zero attached hydrogens (tertiary/aromatic N) is 1. The molecule has 1 heterocycles. The molecule has 2 unspecified atom stereocenters. The molecule has 0 amide bonds. The molecular weight excluding hydrogens is 204 g/mol. The van der Waals surface area contributed by atoms with Crippen LogP contribution < -0.4 is 5.32 Å². The third kappa shape index (κ3) is 3.16. The van der Waals surface area contributed by atoms with Gasteiger partial charge in [0.2, 0.25) is 0 Å². The highest BCUT2D eigenvalue weighted by molar-refractivity contribution is 7.13. The van der Waals surface area contributed by atoms with Gasteiger partial charge in [0, 0.05) is 17.3 Å². The topological polar surface area (TPSA) is 24.9 Å². The van der Waals surface area contributed by atoms with E-state index >= 15 is 0 Å². The third-order valence-corrected chi connectivity index (χ3v) is 3.45. The summed E-state index contributed by atoms with van der Waals surface area (Å²) in [6, 6.07) is 0.378. The molecule has 0 aliphatic carbocycles. The van der Waals surface area contributed by atoms with Crippen molar-refractivity contribution in [1.82, 2.24) is 4.98 Å². The number of hydrogen-bond donors (Lipinski definition) is 1. The zero-order valence-corrected chi connectivity index (χ0v) is 9.75. The fourth-order valence-electron chi connectivity index (χ4n) is 0.891. The van der Waals surface area contributed by atoms with Crippen molar-refractivity contribution < 1.29 is 0 Å². The second-order valence-electron chi connectivity index (χ2n) is 3.36. The van der Waals surface area contributed by atoms with Gasteiger partial charge < -0.3 is 5.32 Å². The average Bonchev–Trinajstić information content (AvgIpc) is 2.49. The smallest absolute Gasteiger partial charge is 0.183 e. The lowest BCUT2D eigenvalue weighted by Crippen LogP contribution is -2.24. The first kappa shape index (κ1) is 10.8. The van der Waals surface area contributed by atoms with Crippen LogP contribution in [-0.4, -0.2) is 16.9 Å². The summed E-state index contributed by atoms with van der Waals surface area (Å²) >= 11 is 7.40. The quantitative estimate of drug-likeness (QED) is 0.786. The molecule has 1 N–H and O–H groups in total. The molecular formula is C9H15ClN2S. The Kier molecular flexibility index (Phi) is 4.00. The summed E-state index contributed by atoms with van der Waals surface area (Å²) < 4.78 is 0. The number of rotatable bonds is 4. The molecule has 2 nitrogen and oxygen atoms in total. The van der Waals surface area contributed by atoms with Crippen molar-refractivity contribution in [3.05, 3.63) is 11.1 Å². The van der Waals surface area contributed by atoms with Gasteiger partial charge in [0.15, 0.2) is 5.13 Å². The van der Waals surface area contributed by atoms with Gasteiger partial charge in [-0.2, -0.15) is 0 Å². The van der Waals surface area contributed by atoms with Gasteiger partial charge in [-0.15, -0.1) is 22.9 Å². The third-order valence-electron chi connectivity index (χ3n) is 2.07. The number of hydrogen-bond acceptors (Lipinski definition) is 3. The van der Waals surface area contributed by atoms with Gasteiger partial charge in [-0.1, -0.05) is 6.92 Å². The summed E-state index contributed by atoms with van der Waals surface area (Å²) in [5.74, 6) is 1.14. The van der Waals surface area contributed by atoms with E-state index in [-0.39, 0.29) is 0 Å². The molecule has 0 radical (unpaired) electrons. The zero-order chi connectivity index (χ0) is 9.84. The predicted octanol–water partition coefficient (Wildman–Crippen LogP) is 3.13. The number of alkyl halides is 1. The van der Waals surface area contributed by atoms with E-state index in [1.807, 2.05) is 12.3 Å². The maximum atomic E-state index is 5.76. The second-order valence-corrected chi connectivity index (χ2v) is 4.53. The molecule has 1 aromatic rings. The number of anilines is 1. The number of halogens is 1. The fourth-order valence-corrected chi connectivity index (χ4v) is 1.94. The van der Waals surface area contributed by atoms with Gasteiger partial charge in [0.05, 0.1) is 5.69 Å². The van der Waals surface area contributed by atoms with Crippen LogP contribution in [-0.2, 0) is 0 Å². The van der Waals surface area contributed by atoms with E-state index in [2.05, 4.69) is 24.1 Å². The molecule has 0 bridgehead atoms. The SMILES string of the molecule is Cc1csc(NC(C)C(C)CCl)n1. The molecule has 1 rings (SSSR count). The van der Waals surface area contributed by atoms with Gasteiger partial charge in [0.1, 0.15) is 0 Å². The van der Waals surface area contributed by atoms with Crippen LogP contribution in [0.2, 0.25) is 0 Å². The average molecular weight is 219 g/mol. The highest BCUT2D eigenvalue weighted by Gasteiger charge is 2.11. The standard InChI is InChI=1S/C9H15ClN2S/c1-6(4-10)8(3)12-9-11-7(2)5-13-9/h5-6,8H,4H2,1-3H3,(H,11,12). The summed E-state index contributed by atoms with van der Waals surface area (Å²) in [5.41, 5.74) is 1.07. The van der Waals surface area contributed by atoms with Crippen molar-refractivity contribution in [2.75, 3.05) is 11.2 Å². The molecule has 74 valence electrons. The lowest BCUT2D eigenvalue weighted by molar-refractivity contribution is 0.565. The maximum absolute atomic E-state index is 5.76. The molecule has 0 saturated heterocycles. The van der Waals surface area contributed by atoms with Crippen molar-refractivity contribution in [3.8, 4) is 0 Å². The Bertz CT molecular complexity index is 262. The second kappa shape index (κ2) is 4.82. The lowest BCUT2D eigenvalue weighted by Gasteiger charge is -2.18. The highest BCUT2D eigenvalue weighted by Crippen LogP contribution is 2.18. The minimum Gasteiger partial charge on any atom is -0.359 e. The van der Waals surface area contributed by atoms with Gasteiger partial charge in [-0.05, 0) is 19.8 Å². The summed E-state index contributed by atoms with van der Waals surface area (Å²) in [6.45, 7) is 6.26. The molecule has 0 saturated carbocycles. The predicted molar refractivity (Wildman–Crippen MR) is 59.8 cm³/mol. The van der Waals surface area contributed by atoms with Crippen molar-refractivity contribution in [3.63, 3.8) is 0 Å². The molecule has 0 fully saturated rings. The summed E-state index contributed by atoms with van der Waals surface area (Å²) in [4.78, 5) is 4.33. The van der Waals surface area contributed by atoms with Crippen molar-refractivity contribution in [2.45, 2.75) is 26.8 Å². The van der Waals surface area contributed by atoms with Crippen molar-refractivity contribution in [1.29, 1.82) is 0 Å². The highest BCUT2D eigenvalue weighted by atomic mass is 35.5. The van der Waals surface area contributed by atoms with Crippen LogP contribution >= 0.6 is 22.9 Å². The van der Waals surface area contributed by atoms with Crippen LogP contribution in [0.15, 0.2) is 5.38 Å². The zero-order valence-electron chi connectivity index (χ0n) is 8.17. The van der Waals surface area contributed by atoms with Crippen LogP contribution in [0.5, 0.6) is 0 Å². The summed E-state index contributed by atoms with van der Waals surface area (Å²) in [7, 11) is 0. The number of thiazole rings is 1. The molecule has 1 aromatic heterocycles. The van der Waals surface area contributed by atoms with E-state index in [1.165, 1.54) is 0 Å². The van der Waals surface area contributed by atoms with E-state index < -0.39 is 0 Å². The Morgan fingerprint density at radius 3 is 2.77 bits per heavy atom. The monoisotopic (exact) mass is 218 g/mol. The number of aromatic nitrogens is 1. The molecule has 0 aliphatic heterocycles. The minimum atomic E-state index is 0.378. The largest absolute Gasteiger partial charge is 0.359 e. The van der Waals surface area contributed by atoms with Crippen molar-refractivity contribution in [2.24, 2.45) is 5.92 Å². The maximum Gasteiger partial charge on any atom is 0.183 e. The van der Waals surface area contributed by atoms with Gasteiger partial charge in [-0.3, -0.25) is 0 Å². The van der Waals surface area contributed by atoms with E-state index in [9.17, 15) is 0 Å². The molecule has 0 aromatic carbocycles. The van der Waals surface area contributed by atoms with Crippen molar-refractivity contribution >= 4 is 28.1 Å². The Morgan fingerprint density at radius 2 is 2.31 bits per heavy atom. The Labute approximate surface area is 88.3 Å². The molecule has 0 spiro atoms. The van der Waals surface area contributed by atoms with E-state index in [1.54, 1.807) is 11.3 Å². The van der Waals surface area contributed by atoms with Crippen LogP contribution in [0.3, 0.4) is 0 Å². The van der Waals surface area contributed by atoms with Gasteiger partial charge in [-0.25, -0.2) is 4.98 Å². The molecule has 4 heteroatoms. The molecule has 13 heavy (non-hydrogen) atoms. The first-order chi connectivity index (χ1) is 6.13. The number of nitrogens with one attached hydrogen (secondary N) is 1. The lowest BCUT2D eigenvalue weighted by atomic mass is 10.1. The number of aryl methyl sites for hydroxylation is 1. The van der Waals surface area contributed by atoms with Crippen LogP contribution in [0, 0.1) is 12.8 Å². The van der Waals surface area contributed by atoms with E-state index in [0.29, 0.717) is 17.8 Å². The molecule has 0 aliphatic rings. The first-order valence-corrected chi connectivity index (χ1v) is 5.79. The van der Waals surface area contributed by atoms with Gasteiger partial charge >= 0.3 is 0 Å². The van der Waals surface area contributed by atoms with Gasteiger partial charge in [0.25, 0.3) is 0 Å². The Balaban J connectivity index is 2.49. The summed E-state index contributed by atoms with van der Waals surface area (Å²) in [6.07, 6.45) is 0. The first-order valence-electron chi connectivity index (χ1n) is 4.38. The summed E-state index contributed by atoms with van der Waals surface area (Å²) in [5, 5.41) is 6.37. The van der Waals surface area contributed by atoms with E-state index in [0.717, 1.165) is 10.8 Å². The van der Waals surface area contributed by atoms with Crippen LogP contribution in [0.25, 0.3) is 0 Å².